The van der Waals surface area contributed by atoms with Crippen molar-refractivity contribution in [3.8, 4) is 0 Å². The van der Waals surface area contributed by atoms with E-state index in [4.69, 9.17) is 4.52 Å². The molecule has 0 saturated carbocycles. The summed E-state index contributed by atoms with van der Waals surface area (Å²) in [5, 5.41) is 15.1. The van der Waals surface area contributed by atoms with E-state index >= 15 is 0 Å². The van der Waals surface area contributed by atoms with E-state index in [1.54, 1.807) is 16.7 Å². The minimum atomic E-state index is -0.285. The monoisotopic (exact) mass is 363 g/mol. The maximum atomic E-state index is 12.7. The van der Waals surface area contributed by atoms with Crippen molar-refractivity contribution in [2.75, 3.05) is 26.2 Å². The lowest BCUT2D eigenvalue weighted by Crippen LogP contribution is -2.37. The van der Waals surface area contributed by atoms with E-state index in [1.807, 2.05) is 18.4 Å². The molecule has 2 amide bonds. The van der Waals surface area contributed by atoms with Gasteiger partial charge in [0.05, 0.1) is 17.0 Å². The van der Waals surface area contributed by atoms with E-state index in [-0.39, 0.29) is 24.1 Å². The Morgan fingerprint density at radius 2 is 1.88 bits per heavy atom. The van der Waals surface area contributed by atoms with Crippen LogP contribution in [-0.4, -0.2) is 58.1 Å². The first-order valence-corrected chi connectivity index (χ1v) is 9.09. The van der Waals surface area contributed by atoms with Crippen molar-refractivity contribution in [3.63, 3.8) is 0 Å². The molecule has 3 heterocycles. The van der Waals surface area contributed by atoms with Crippen LogP contribution in [0.2, 0.25) is 0 Å². The van der Waals surface area contributed by atoms with Gasteiger partial charge in [-0.05, 0) is 37.3 Å². The maximum Gasteiger partial charge on any atom is 0.276 e. The van der Waals surface area contributed by atoms with Gasteiger partial charge in [0, 0.05) is 26.2 Å². The molecular formula is C17H21N3O4S. The number of thiophene rings is 1. The van der Waals surface area contributed by atoms with Crippen LogP contribution in [0.1, 0.15) is 43.5 Å². The van der Waals surface area contributed by atoms with Gasteiger partial charge in [0.2, 0.25) is 0 Å². The van der Waals surface area contributed by atoms with Gasteiger partial charge in [-0.3, -0.25) is 9.59 Å². The maximum absolute atomic E-state index is 12.7. The zero-order valence-electron chi connectivity index (χ0n) is 14.3. The highest BCUT2D eigenvalue weighted by Gasteiger charge is 2.28. The van der Waals surface area contributed by atoms with Crippen molar-refractivity contribution in [1.29, 1.82) is 0 Å². The molecule has 1 aliphatic heterocycles. The molecule has 1 N–H and O–H groups in total. The molecule has 2 aromatic rings. The van der Waals surface area contributed by atoms with E-state index in [9.17, 15) is 14.7 Å². The molecule has 0 bridgehead atoms. The molecule has 1 fully saturated rings. The molecule has 0 spiro atoms. The summed E-state index contributed by atoms with van der Waals surface area (Å²) >= 11 is 1.45. The third-order valence-corrected chi connectivity index (χ3v) is 5.48. The van der Waals surface area contributed by atoms with Gasteiger partial charge in [0.15, 0.2) is 5.69 Å². The Hall–Kier alpha value is -2.19. The number of carbonyl (C=O) groups is 2. The van der Waals surface area contributed by atoms with Gasteiger partial charge < -0.3 is 19.4 Å². The molecule has 0 atom stereocenters. The fourth-order valence-electron chi connectivity index (χ4n) is 2.95. The SMILES string of the molecule is Cc1ccsc1C(=O)N1CCCN(C(=O)c2noc(C)c2CO)CC1. The predicted molar refractivity (Wildman–Crippen MR) is 92.6 cm³/mol. The molecule has 7 nitrogen and oxygen atoms in total. The lowest BCUT2D eigenvalue weighted by molar-refractivity contribution is 0.0713. The molecule has 0 aromatic carbocycles. The number of aromatic nitrogens is 1. The lowest BCUT2D eigenvalue weighted by atomic mass is 10.2. The van der Waals surface area contributed by atoms with Crippen LogP contribution in [0.15, 0.2) is 16.0 Å². The quantitative estimate of drug-likeness (QED) is 0.899. The molecule has 1 aliphatic rings. The highest BCUT2D eigenvalue weighted by molar-refractivity contribution is 7.12. The van der Waals surface area contributed by atoms with Gasteiger partial charge in [-0.15, -0.1) is 11.3 Å². The summed E-state index contributed by atoms with van der Waals surface area (Å²) in [7, 11) is 0. The van der Waals surface area contributed by atoms with Crippen molar-refractivity contribution in [3.05, 3.63) is 38.9 Å². The van der Waals surface area contributed by atoms with E-state index < -0.39 is 0 Å². The summed E-state index contributed by atoms with van der Waals surface area (Å²) in [6, 6.07) is 1.94. The molecule has 1 saturated heterocycles. The van der Waals surface area contributed by atoms with Gasteiger partial charge >= 0.3 is 0 Å². The smallest absolute Gasteiger partial charge is 0.276 e. The summed E-state index contributed by atoms with van der Waals surface area (Å²) in [6.45, 7) is 5.39. The number of aryl methyl sites for hydroxylation is 2. The second-order valence-electron chi connectivity index (χ2n) is 6.09. The predicted octanol–water partition coefficient (Wildman–Crippen LogP) is 1.83. The molecular weight excluding hydrogens is 342 g/mol. The first kappa shape index (κ1) is 17.6. The summed E-state index contributed by atoms with van der Waals surface area (Å²) < 4.78 is 5.03. The minimum absolute atomic E-state index is 0.0233. The molecule has 0 unspecified atom stereocenters. The highest BCUT2D eigenvalue weighted by atomic mass is 32.1. The molecule has 8 heteroatoms. The Balaban J connectivity index is 1.70. The number of rotatable bonds is 3. The third kappa shape index (κ3) is 3.45. The van der Waals surface area contributed by atoms with Crippen LogP contribution in [0.5, 0.6) is 0 Å². The van der Waals surface area contributed by atoms with Crippen LogP contribution in [0.3, 0.4) is 0 Å². The second kappa shape index (κ2) is 7.37. The average Bonchev–Trinajstić information content (AvgIpc) is 3.10. The fourth-order valence-corrected chi connectivity index (χ4v) is 3.85. The van der Waals surface area contributed by atoms with Gasteiger partial charge in [0.25, 0.3) is 11.8 Å². The fraction of sp³-hybridized carbons (Fsp3) is 0.471. The first-order chi connectivity index (χ1) is 12.0. The largest absolute Gasteiger partial charge is 0.391 e. The average molecular weight is 363 g/mol. The van der Waals surface area contributed by atoms with Gasteiger partial charge in [-0.25, -0.2) is 0 Å². The molecule has 0 radical (unpaired) electrons. The van der Waals surface area contributed by atoms with Crippen LogP contribution < -0.4 is 0 Å². The number of aliphatic hydroxyl groups excluding tert-OH is 1. The summed E-state index contributed by atoms with van der Waals surface area (Å²) in [4.78, 5) is 29.6. The van der Waals surface area contributed by atoms with Crippen molar-refractivity contribution in [2.24, 2.45) is 0 Å². The molecule has 0 aliphatic carbocycles. The van der Waals surface area contributed by atoms with Crippen LogP contribution >= 0.6 is 11.3 Å². The van der Waals surface area contributed by atoms with Crippen LogP contribution in [-0.2, 0) is 6.61 Å². The van der Waals surface area contributed by atoms with Crippen molar-refractivity contribution < 1.29 is 19.2 Å². The zero-order chi connectivity index (χ0) is 18.0. The van der Waals surface area contributed by atoms with Crippen molar-refractivity contribution in [1.82, 2.24) is 15.0 Å². The van der Waals surface area contributed by atoms with Gasteiger partial charge in [-0.2, -0.15) is 0 Å². The standard InChI is InChI=1S/C17H21N3O4S/c1-11-4-9-25-15(11)17(23)20-6-3-5-19(7-8-20)16(22)14-13(10-21)12(2)24-18-14/h4,9,21H,3,5-8,10H2,1-2H3. The van der Waals surface area contributed by atoms with Crippen molar-refractivity contribution >= 4 is 23.2 Å². The number of nitrogens with zero attached hydrogens (tertiary/aromatic N) is 3. The number of hydrogen-bond acceptors (Lipinski definition) is 6. The lowest BCUT2D eigenvalue weighted by Gasteiger charge is -2.21. The summed E-state index contributed by atoms with van der Waals surface area (Å²) in [5.41, 5.74) is 1.57. The van der Waals surface area contributed by atoms with E-state index in [1.165, 1.54) is 11.3 Å². The molecule has 3 rings (SSSR count). The van der Waals surface area contributed by atoms with Gasteiger partial charge in [-0.1, -0.05) is 5.16 Å². The highest BCUT2D eigenvalue weighted by Crippen LogP contribution is 2.20. The Morgan fingerprint density at radius 1 is 1.20 bits per heavy atom. The number of hydrogen-bond donors (Lipinski definition) is 1. The third-order valence-electron chi connectivity index (χ3n) is 4.47. The van der Waals surface area contributed by atoms with Crippen LogP contribution in [0, 0.1) is 13.8 Å². The zero-order valence-corrected chi connectivity index (χ0v) is 15.1. The second-order valence-corrected chi connectivity index (χ2v) is 7.01. The van der Waals surface area contributed by atoms with Gasteiger partial charge in [0.1, 0.15) is 5.76 Å². The van der Waals surface area contributed by atoms with Crippen molar-refractivity contribution in [2.45, 2.75) is 26.9 Å². The normalized spacial score (nSPS) is 15.3. The Morgan fingerprint density at radius 3 is 2.48 bits per heavy atom. The Bertz CT molecular complexity index is 783. The molecule has 134 valence electrons. The first-order valence-electron chi connectivity index (χ1n) is 8.21. The van der Waals surface area contributed by atoms with E-state index in [2.05, 4.69) is 5.16 Å². The minimum Gasteiger partial charge on any atom is -0.391 e. The van der Waals surface area contributed by atoms with E-state index in [0.29, 0.717) is 43.9 Å². The summed E-state index contributed by atoms with van der Waals surface area (Å²) in [5.74, 6) is 0.211. The topological polar surface area (TPSA) is 86.9 Å². The van der Waals surface area contributed by atoms with Crippen LogP contribution in [0.25, 0.3) is 0 Å². The Kier molecular flexibility index (Phi) is 5.19. The summed E-state index contributed by atoms with van der Waals surface area (Å²) in [6.07, 6.45) is 0.702. The van der Waals surface area contributed by atoms with E-state index in [0.717, 1.165) is 10.4 Å². The number of carbonyl (C=O) groups excluding carboxylic acids is 2. The number of aliphatic hydroxyl groups is 1. The molecule has 25 heavy (non-hydrogen) atoms. The Labute approximate surface area is 149 Å². The molecule has 2 aromatic heterocycles. The number of amides is 2. The van der Waals surface area contributed by atoms with Crippen LogP contribution in [0.4, 0.5) is 0 Å².